The Kier molecular flexibility index (Phi) is 4.22. The summed E-state index contributed by atoms with van der Waals surface area (Å²) in [5.41, 5.74) is 6.39. The molecular formula is C14H11Cl2N5O2. The van der Waals surface area contributed by atoms with E-state index in [1.165, 1.54) is 10.9 Å². The van der Waals surface area contributed by atoms with Gasteiger partial charge in [-0.15, -0.1) is 5.10 Å². The van der Waals surface area contributed by atoms with E-state index >= 15 is 0 Å². The third kappa shape index (κ3) is 3.15. The lowest BCUT2D eigenvalue weighted by Gasteiger charge is -2.06. The van der Waals surface area contributed by atoms with Gasteiger partial charge in [0, 0.05) is 5.02 Å². The molecule has 3 aromatic rings. The first-order chi connectivity index (χ1) is 11.1. The molecule has 1 amide bonds. The molecule has 1 aromatic carbocycles. The van der Waals surface area contributed by atoms with Gasteiger partial charge < -0.3 is 15.5 Å². The molecule has 0 spiro atoms. The van der Waals surface area contributed by atoms with E-state index in [1.807, 2.05) is 0 Å². The van der Waals surface area contributed by atoms with Gasteiger partial charge in [-0.05, 0) is 30.3 Å². The van der Waals surface area contributed by atoms with Gasteiger partial charge >= 0.3 is 0 Å². The number of carbonyl (C=O) groups is 1. The second-order valence-electron chi connectivity index (χ2n) is 4.59. The maximum Gasteiger partial charge on any atom is 0.276 e. The Morgan fingerprint density at radius 2 is 2.17 bits per heavy atom. The van der Waals surface area contributed by atoms with Crippen LogP contribution in [0.3, 0.4) is 0 Å². The first-order valence-electron chi connectivity index (χ1n) is 6.53. The molecule has 0 radical (unpaired) electrons. The van der Waals surface area contributed by atoms with E-state index in [1.54, 1.807) is 30.3 Å². The Hall–Kier alpha value is -2.51. The Balaban J connectivity index is 1.84. The topological polar surface area (TPSA) is 99.0 Å². The second-order valence-corrected chi connectivity index (χ2v) is 5.44. The first-order valence-corrected chi connectivity index (χ1v) is 7.29. The Morgan fingerprint density at radius 1 is 1.35 bits per heavy atom. The predicted octanol–water partition coefficient (Wildman–Crippen LogP) is 2.68. The summed E-state index contributed by atoms with van der Waals surface area (Å²) in [6, 6.07) is 8.30. The molecule has 3 N–H and O–H groups in total. The molecule has 9 heteroatoms. The van der Waals surface area contributed by atoms with E-state index in [0.29, 0.717) is 21.5 Å². The minimum Gasteiger partial charge on any atom is -0.467 e. The number of furan rings is 1. The predicted molar refractivity (Wildman–Crippen MR) is 85.7 cm³/mol. The number of nitrogens with one attached hydrogen (secondary N) is 1. The van der Waals surface area contributed by atoms with Crippen LogP contribution in [0.4, 0.5) is 5.82 Å². The molecule has 2 aromatic heterocycles. The van der Waals surface area contributed by atoms with Crippen LogP contribution in [0.15, 0.2) is 41.0 Å². The van der Waals surface area contributed by atoms with Crippen molar-refractivity contribution in [3.8, 4) is 5.69 Å². The standard InChI is InChI=1S/C14H11Cl2N5O2/c15-8-3-4-10(16)11(6-8)21-13(17)12(19-20-21)14(22)18-7-9-2-1-5-23-9/h1-6H,7,17H2,(H,18,22). The quantitative estimate of drug-likeness (QED) is 0.752. The van der Waals surface area contributed by atoms with E-state index in [-0.39, 0.29) is 18.1 Å². The number of anilines is 1. The van der Waals surface area contributed by atoms with Crippen LogP contribution in [0.25, 0.3) is 5.69 Å². The molecule has 0 bridgehead atoms. The number of carbonyl (C=O) groups excluding carboxylic acids is 1. The summed E-state index contributed by atoms with van der Waals surface area (Å²) in [6.07, 6.45) is 1.52. The van der Waals surface area contributed by atoms with Crippen molar-refractivity contribution in [2.45, 2.75) is 6.54 Å². The Morgan fingerprint density at radius 3 is 2.91 bits per heavy atom. The molecule has 118 valence electrons. The average Bonchev–Trinajstić information content (AvgIpc) is 3.17. The van der Waals surface area contributed by atoms with Crippen LogP contribution in [0, 0.1) is 0 Å². The molecule has 0 unspecified atom stereocenters. The van der Waals surface area contributed by atoms with Gasteiger partial charge in [0.25, 0.3) is 5.91 Å². The number of halogens is 2. The molecule has 0 aliphatic heterocycles. The number of hydrogen-bond acceptors (Lipinski definition) is 5. The number of nitrogens with two attached hydrogens (primary N) is 1. The van der Waals surface area contributed by atoms with Gasteiger partial charge in [0.15, 0.2) is 11.5 Å². The molecule has 0 saturated carbocycles. The van der Waals surface area contributed by atoms with E-state index in [9.17, 15) is 4.79 Å². The number of nitrogens with zero attached hydrogens (tertiary/aromatic N) is 3. The first kappa shape index (κ1) is 15.4. The highest BCUT2D eigenvalue weighted by Crippen LogP contribution is 2.26. The van der Waals surface area contributed by atoms with Crippen molar-refractivity contribution in [3.05, 3.63) is 58.1 Å². The van der Waals surface area contributed by atoms with E-state index in [4.69, 9.17) is 33.4 Å². The van der Waals surface area contributed by atoms with Gasteiger partial charge in [0.2, 0.25) is 0 Å². The molecule has 0 saturated heterocycles. The lowest BCUT2D eigenvalue weighted by atomic mass is 10.3. The Labute approximate surface area is 141 Å². The van der Waals surface area contributed by atoms with Gasteiger partial charge in [-0.2, -0.15) is 4.68 Å². The lowest BCUT2D eigenvalue weighted by molar-refractivity contribution is 0.0944. The number of nitrogen functional groups attached to an aromatic ring is 1. The van der Waals surface area contributed by atoms with Crippen LogP contribution in [-0.2, 0) is 6.54 Å². The van der Waals surface area contributed by atoms with Gasteiger partial charge in [-0.25, -0.2) is 0 Å². The zero-order chi connectivity index (χ0) is 16.4. The maximum absolute atomic E-state index is 12.1. The van der Waals surface area contributed by atoms with E-state index in [0.717, 1.165) is 0 Å². The molecular weight excluding hydrogens is 341 g/mol. The molecule has 0 aliphatic rings. The van der Waals surface area contributed by atoms with Crippen LogP contribution in [-0.4, -0.2) is 20.9 Å². The number of hydrogen-bond donors (Lipinski definition) is 2. The summed E-state index contributed by atoms with van der Waals surface area (Å²) in [5.74, 6) is 0.205. The fourth-order valence-corrected chi connectivity index (χ4v) is 2.31. The van der Waals surface area contributed by atoms with Crippen LogP contribution >= 0.6 is 23.2 Å². The van der Waals surface area contributed by atoms with Crippen LogP contribution < -0.4 is 11.1 Å². The number of rotatable bonds is 4. The van der Waals surface area contributed by atoms with Gasteiger partial charge in [0.1, 0.15) is 5.76 Å². The second kappa shape index (κ2) is 6.31. The van der Waals surface area contributed by atoms with Crippen LogP contribution in [0.1, 0.15) is 16.2 Å². The van der Waals surface area contributed by atoms with Crippen molar-refractivity contribution in [3.63, 3.8) is 0 Å². The van der Waals surface area contributed by atoms with E-state index in [2.05, 4.69) is 15.6 Å². The highest BCUT2D eigenvalue weighted by atomic mass is 35.5. The Bertz CT molecular complexity index is 845. The summed E-state index contributed by atoms with van der Waals surface area (Å²) in [6.45, 7) is 0.218. The molecule has 0 aliphatic carbocycles. The van der Waals surface area contributed by atoms with Gasteiger partial charge in [-0.1, -0.05) is 28.4 Å². The normalized spacial score (nSPS) is 10.7. The highest BCUT2D eigenvalue weighted by Gasteiger charge is 2.19. The lowest BCUT2D eigenvalue weighted by Crippen LogP contribution is -2.24. The summed E-state index contributed by atoms with van der Waals surface area (Å²) in [5, 5.41) is 11.2. The third-order valence-corrected chi connectivity index (χ3v) is 3.61. The number of amides is 1. The summed E-state index contributed by atoms with van der Waals surface area (Å²) < 4.78 is 6.39. The van der Waals surface area contributed by atoms with E-state index < -0.39 is 5.91 Å². The highest BCUT2D eigenvalue weighted by molar-refractivity contribution is 6.34. The number of benzene rings is 1. The van der Waals surface area contributed by atoms with Crippen LogP contribution in [0.5, 0.6) is 0 Å². The summed E-state index contributed by atoms with van der Waals surface area (Å²) >= 11 is 12.0. The van der Waals surface area contributed by atoms with Crippen molar-refractivity contribution in [2.75, 3.05) is 5.73 Å². The van der Waals surface area contributed by atoms with Gasteiger partial charge in [0.05, 0.1) is 23.5 Å². The smallest absolute Gasteiger partial charge is 0.276 e. The van der Waals surface area contributed by atoms with Crippen molar-refractivity contribution < 1.29 is 9.21 Å². The minimum absolute atomic E-state index is 0.00685. The van der Waals surface area contributed by atoms with Crippen LogP contribution in [0.2, 0.25) is 10.0 Å². The summed E-state index contributed by atoms with van der Waals surface area (Å²) in [4.78, 5) is 12.1. The molecule has 7 nitrogen and oxygen atoms in total. The average molecular weight is 352 g/mol. The van der Waals surface area contributed by atoms with Crippen molar-refractivity contribution >= 4 is 34.9 Å². The monoisotopic (exact) mass is 351 g/mol. The fourth-order valence-electron chi connectivity index (χ4n) is 1.94. The van der Waals surface area contributed by atoms with Crippen molar-refractivity contribution in [1.29, 1.82) is 0 Å². The van der Waals surface area contributed by atoms with Crippen molar-refractivity contribution in [2.24, 2.45) is 0 Å². The fraction of sp³-hybridized carbons (Fsp3) is 0.0714. The zero-order valence-corrected chi connectivity index (χ0v) is 13.2. The minimum atomic E-state index is -0.469. The largest absolute Gasteiger partial charge is 0.467 e. The molecule has 3 rings (SSSR count). The molecule has 23 heavy (non-hydrogen) atoms. The van der Waals surface area contributed by atoms with Crippen molar-refractivity contribution in [1.82, 2.24) is 20.3 Å². The molecule has 0 atom stereocenters. The molecule has 0 fully saturated rings. The number of aromatic nitrogens is 3. The van der Waals surface area contributed by atoms with Gasteiger partial charge in [-0.3, -0.25) is 4.79 Å². The molecule has 2 heterocycles. The zero-order valence-electron chi connectivity index (χ0n) is 11.7. The summed E-state index contributed by atoms with van der Waals surface area (Å²) in [7, 11) is 0. The third-order valence-electron chi connectivity index (χ3n) is 3.06. The maximum atomic E-state index is 12.1. The SMILES string of the molecule is Nc1c(C(=O)NCc2ccco2)nnn1-c1cc(Cl)ccc1Cl.